The molecule has 1 aromatic heterocycles. The van der Waals surface area contributed by atoms with Crippen LogP contribution in [-0.4, -0.2) is 11.5 Å². The number of rotatable bonds is 4. The fourth-order valence-electron chi connectivity index (χ4n) is 1.20. The molecule has 12 heavy (non-hydrogen) atoms. The first-order valence-electron chi connectivity index (χ1n) is 4.49. The van der Waals surface area contributed by atoms with Crippen LogP contribution in [0.25, 0.3) is 0 Å². The summed E-state index contributed by atoms with van der Waals surface area (Å²) in [6.45, 7) is 3.35. The van der Waals surface area contributed by atoms with Crippen molar-refractivity contribution < 1.29 is 0 Å². The van der Waals surface area contributed by atoms with Crippen LogP contribution in [-0.2, 0) is 0 Å². The van der Waals surface area contributed by atoms with Gasteiger partial charge in [-0.05, 0) is 32.2 Å². The van der Waals surface area contributed by atoms with E-state index in [9.17, 15) is 0 Å². The number of hydrogen-bond acceptors (Lipinski definition) is 3. The average Bonchev–Trinajstić information content (AvgIpc) is 2.74. The van der Waals surface area contributed by atoms with Crippen molar-refractivity contribution in [3.05, 3.63) is 16.6 Å². The van der Waals surface area contributed by atoms with Crippen LogP contribution in [0.5, 0.6) is 0 Å². The first-order chi connectivity index (χ1) is 5.86. The second kappa shape index (κ2) is 3.54. The first-order valence-corrected chi connectivity index (χ1v) is 5.37. The van der Waals surface area contributed by atoms with Gasteiger partial charge in [-0.1, -0.05) is 0 Å². The highest BCUT2D eigenvalue weighted by atomic mass is 32.1. The van der Waals surface area contributed by atoms with Crippen molar-refractivity contribution in [3.8, 4) is 0 Å². The van der Waals surface area contributed by atoms with Crippen molar-refractivity contribution in [3.63, 3.8) is 0 Å². The molecule has 1 aliphatic rings. The molecule has 1 N–H and O–H groups in total. The van der Waals surface area contributed by atoms with E-state index in [0.29, 0.717) is 6.04 Å². The van der Waals surface area contributed by atoms with Crippen LogP contribution in [0.15, 0.2) is 11.6 Å². The van der Waals surface area contributed by atoms with Gasteiger partial charge in [-0.25, -0.2) is 4.98 Å². The molecule has 1 saturated carbocycles. The maximum absolute atomic E-state index is 4.27. The molecule has 0 saturated heterocycles. The standard InChI is InChI=1S/C9H14N2S/c1-7(9-10-4-5-12-9)11-6-8-2-3-8/h4-5,7-8,11H,2-3,6H2,1H3/t7-/m0/s1. The van der Waals surface area contributed by atoms with Gasteiger partial charge in [0.25, 0.3) is 0 Å². The highest BCUT2D eigenvalue weighted by Crippen LogP contribution is 2.28. The quantitative estimate of drug-likeness (QED) is 0.772. The minimum absolute atomic E-state index is 0.436. The Balaban J connectivity index is 1.79. The maximum atomic E-state index is 4.27. The van der Waals surface area contributed by atoms with Crippen molar-refractivity contribution >= 4 is 11.3 Å². The molecular formula is C9H14N2S. The zero-order valence-corrected chi connectivity index (χ0v) is 8.10. The molecule has 1 atom stereocenters. The van der Waals surface area contributed by atoms with E-state index >= 15 is 0 Å². The third-order valence-corrected chi connectivity index (χ3v) is 3.19. The minimum atomic E-state index is 0.436. The van der Waals surface area contributed by atoms with Gasteiger partial charge in [0.2, 0.25) is 0 Å². The molecule has 0 bridgehead atoms. The molecule has 0 aliphatic heterocycles. The molecular weight excluding hydrogens is 168 g/mol. The predicted molar refractivity (Wildman–Crippen MR) is 51.3 cm³/mol. The Morgan fingerprint density at radius 2 is 2.58 bits per heavy atom. The first kappa shape index (κ1) is 8.20. The lowest BCUT2D eigenvalue weighted by Gasteiger charge is -2.09. The van der Waals surface area contributed by atoms with E-state index in [2.05, 4.69) is 17.2 Å². The van der Waals surface area contributed by atoms with Gasteiger partial charge in [0.05, 0.1) is 6.04 Å². The molecule has 0 unspecified atom stereocenters. The van der Waals surface area contributed by atoms with Crippen molar-refractivity contribution in [2.24, 2.45) is 5.92 Å². The van der Waals surface area contributed by atoms with Crippen LogP contribution in [0.3, 0.4) is 0 Å². The Hall–Kier alpha value is -0.410. The van der Waals surface area contributed by atoms with E-state index in [1.165, 1.54) is 24.4 Å². The molecule has 1 heterocycles. The average molecular weight is 182 g/mol. The lowest BCUT2D eigenvalue weighted by Crippen LogP contribution is -2.20. The van der Waals surface area contributed by atoms with Gasteiger partial charge in [-0.15, -0.1) is 11.3 Å². The Labute approximate surface area is 77.0 Å². The van der Waals surface area contributed by atoms with Crippen LogP contribution < -0.4 is 5.32 Å². The molecule has 3 heteroatoms. The second-order valence-electron chi connectivity index (χ2n) is 3.44. The number of aromatic nitrogens is 1. The van der Waals surface area contributed by atoms with Crippen LogP contribution in [0.2, 0.25) is 0 Å². The number of nitrogens with one attached hydrogen (secondary N) is 1. The van der Waals surface area contributed by atoms with E-state index in [0.717, 1.165) is 5.92 Å². The largest absolute Gasteiger partial charge is 0.308 e. The fourth-order valence-corrected chi connectivity index (χ4v) is 1.87. The van der Waals surface area contributed by atoms with E-state index in [1.807, 2.05) is 11.6 Å². The summed E-state index contributed by atoms with van der Waals surface area (Å²) in [5, 5.41) is 6.73. The van der Waals surface area contributed by atoms with Crippen molar-refractivity contribution in [2.75, 3.05) is 6.54 Å². The molecule has 66 valence electrons. The van der Waals surface area contributed by atoms with Gasteiger partial charge in [-0.2, -0.15) is 0 Å². The van der Waals surface area contributed by atoms with Crippen LogP contribution in [0.1, 0.15) is 30.8 Å². The fraction of sp³-hybridized carbons (Fsp3) is 0.667. The van der Waals surface area contributed by atoms with E-state index in [-0.39, 0.29) is 0 Å². The summed E-state index contributed by atoms with van der Waals surface area (Å²) in [5.41, 5.74) is 0. The Bertz CT molecular complexity index is 229. The molecule has 2 rings (SSSR count). The Morgan fingerprint density at radius 3 is 3.17 bits per heavy atom. The molecule has 1 fully saturated rings. The summed E-state index contributed by atoms with van der Waals surface area (Å²) in [4.78, 5) is 4.27. The monoisotopic (exact) mass is 182 g/mol. The molecule has 0 aromatic carbocycles. The summed E-state index contributed by atoms with van der Waals surface area (Å²) in [6, 6.07) is 0.436. The normalized spacial score (nSPS) is 19.4. The topological polar surface area (TPSA) is 24.9 Å². The maximum Gasteiger partial charge on any atom is 0.109 e. The van der Waals surface area contributed by atoms with Gasteiger partial charge in [-0.3, -0.25) is 0 Å². The molecule has 0 amide bonds. The summed E-state index contributed by atoms with van der Waals surface area (Å²) < 4.78 is 0. The highest BCUT2D eigenvalue weighted by molar-refractivity contribution is 7.09. The van der Waals surface area contributed by atoms with Gasteiger partial charge in [0, 0.05) is 11.6 Å². The zero-order chi connectivity index (χ0) is 8.39. The van der Waals surface area contributed by atoms with Crippen molar-refractivity contribution in [1.29, 1.82) is 0 Å². The van der Waals surface area contributed by atoms with Crippen molar-refractivity contribution in [1.82, 2.24) is 10.3 Å². The lowest BCUT2D eigenvalue weighted by atomic mass is 10.3. The van der Waals surface area contributed by atoms with Gasteiger partial charge in [0.15, 0.2) is 0 Å². The third-order valence-electron chi connectivity index (χ3n) is 2.23. The summed E-state index contributed by atoms with van der Waals surface area (Å²) in [5.74, 6) is 0.951. The van der Waals surface area contributed by atoms with Crippen LogP contribution in [0.4, 0.5) is 0 Å². The molecule has 1 aliphatic carbocycles. The summed E-state index contributed by atoms with van der Waals surface area (Å²) >= 11 is 1.73. The molecule has 0 radical (unpaired) electrons. The molecule has 0 spiro atoms. The third kappa shape index (κ3) is 2.05. The van der Waals surface area contributed by atoms with E-state index in [4.69, 9.17) is 0 Å². The lowest BCUT2D eigenvalue weighted by molar-refractivity contribution is 0.546. The Kier molecular flexibility index (Phi) is 2.42. The Morgan fingerprint density at radius 1 is 1.75 bits per heavy atom. The summed E-state index contributed by atoms with van der Waals surface area (Å²) in [6.07, 6.45) is 4.70. The number of thiazole rings is 1. The second-order valence-corrected chi connectivity index (χ2v) is 4.37. The molecule has 1 aromatic rings. The predicted octanol–water partition coefficient (Wildman–Crippen LogP) is 2.20. The van der Waals surface area contributed by atoms with E-state index in [1.54, 1.807) is 11.3 Å². The van der Waals surface area contributed by atoms with E-state index < -0.39 is 0 Å². The van der Waals surface area contributed by atoms with Gasteiger partial charge >= 0.3 is 0 Å². The number of hydrogen-bond donors (Lipinski definition) is 1. The summed E-state index contributed by atoms with van der Waals surface area (Å²) in [7, 11) is 0. The molecule has 2 nitrogen and oxygen atoms in total. The number of nitrogens with zero attached hydrogens (tertiary/aromatic N) is 1. The van der Waals surface area contributed by atoms with Gasteiger partial charge < -0.3 is 5.32 Å². The van der Waals surface area contributed by atoms with Crippen LogP contribution >= 0.6 is 11.3 Å². The van der Waals surface area contributed by atoms with Gasteiger partial charge in [0.1, 0.15) is 5.01 Å². The minimum Gasteiger partial charge on any atom is -0.308 e. The highest BCUT2D eigenvalue weighted by Gasteiger charge is 2.21. The van der Waals surface area contributed by atoms with Crippen molar-refractivity contribution in [2.45, 2.75) is 25.8 Å². The smallest absolute Gasteiger partial charge is 0.109 e. The SMILES string of the molecule is C[C@H](NCC1CC1)c1nccs1. The zero-order valence-electron chi connectivity index (χ0n) is 7.29. The van der Waals surface area contributed by atoms with Crippen LogP contribution in [0, 0.1) is 5.92 Å².